The van der Waals surface area contributed by atoms with Gasteiger partial charge in [-0.15, -0.1) is 0 Å². The number of hydrogen-bond donors (Lipinski definition) is 1. The molecule has 100 valence electrons. The van der Waals surface area contributed by atoms with Gasteiger partial charge < -0.3 is 10.1 Å². The third-order valence-electron chi connectivity index (χ3n) is 2.49. The molecule has 0 fully saturated rings. The van der Waals surface area contributed by atoms with Crippen LogP contribution in [0.5, 0.6) is 11.5 Å². The molecule has 2 nitrogen and oxygen atoms in total. The molecular formula is C14H12ClF2NO. The molecule has 0 aliphatic rings. The van der Waals surface area contributed by atoms with Crippen LogP contribution in [-0.2, 0) is 6.54 Å². The van der Waals surface area contributed by atoms with Gasteiger partial charge in [-0.2, -0.15) is 0 Å². The molecule has 0 aliphatic carbocycles. The summed E-state index contributed by atoms with van der Waals surface area (Å²) in [5.74, 6) is -1.16. The monoisotopic (exact) mass is 283 g/mol. The largest absolute Gasteiger partial charge is 0.453 e. The topological polar surface area (TPSA) is 21.3 Å². The molecule has 5 heteroatoms. The van der Waals surface area contributed by atoms with Crippen LogP contribution in [0.15, 0.2) is 36.4 Å². The van der Waals surface area contributed by atoms with E-state index in [1.54, 1.807) is 12.1 Å². The van der Waals surface area contributed by atoms with Crippen molar-refractivity contribution in [1.82, 2.24) is 5.32 Å². The molecule has 19 heavy (non-hydrogen) atoms. The molecule has 0 spiro atoms. The quantitative estimate of drug-likeness (QED) is 0.911. The summed E-state index contributed by atoms with van der Waals surface area (Å²) in [7, 11) is 1.83. The van der Waals surface area contributed by atoms with Crippen molar-refractivity contribution in [3.8, 4) is 11.5 Å². The van der Waals surface area contributed by atoms with Gasteiger partial charge in [0.2, 0.25) is 0 Å². The zero-order valence-electron chi connectivity index (χ0n) is 10.2. The Labute approximate surface area is 115 Å². The fourth-order valence-electron chi connectivity index (χ4n) is 1.62. The number of halogens is 3. The maximum Gasteiger partial charge on any atom is 0.168 e. The fourth-order valence-corrected chi connectivity index (χ4v) is 1.86. The highest BCUT2D eigenvalue weighted by atomic mass is 35.5. The minimum atomic E-state index is -0.768. The zero-order valence-corrected chi connectivity index (χ0v) is 11.0. The van der Waals surface area contributed by atoms with Crippen LogP contribution in [0.4, 0.5) is 8.78 Å². The van der Waals surface area contributed by atoms with Crippen molar-refractivity contribution in [1.29, 1.82) is 0 Å². The van der Waals surface area contributed by atoms with Gasteiger partial charge in [0, 0.05) is 12.6 Å². The van der Waals surface area contributed by atoms with Gasteiger partial charge in [-0.05, 0) is 36.9 Å². The first-order valence-corrected chi connectivity index (χ1v) is 6.04. The third kappa shape index (κ3) is 3.43. The minimum Gasteiger partial charge on any atom is -0.453 e. The van der Waals surface area contributed by atoms with Gasteiger partial charge in [-0.3, -0.25) is 0 Å². The van der Waals surface area contributed by atoms with Crippen molar-refractivity contribution in [3.05, 3.63) is 58.6 Å². The van der Waals surface area contributed by atoms with Crippen molar-refractivity contribution in [2.24, 2.45) is 0 Å². The SMILES string of the molecule is CNCc1ccc(Oc2ccc(F)cc2F)c(Cl)c1. The molecule has 0 heterocycles. The Bertz CT molecular complexity index is 590. The molecule has 0 saturated carbocycles. The van der Waals surface area contributed by atoms with Gasteiger partial charge in [0.05, 0.1) is 5.02 Å². The highest BCUT2D eigenvalue weighted by molar-refractivity contribution is 6.32. The van der Waals surface area contributed by atoms with Gasteiger partial charge in [0.25, 0.3) is 0 Å². The third-order valence-corrected chi connectivity index (χ3v) is 2.79. The molecule has 0 aliphatic heterocycles. The summed E-state index contributed by atoms with van der Waals surface area (Å²) in [5.41, 5.74) is 0.986. The van der Waals surface area contributed by atoms with E-state index in [1.807, 2.05) is 13.1 Å². The molecule has 0 amide bonds. The van der Waals surface area contributed by atoms with Crippen molar-refractivity contribution < 1.29 is 13.5 Å². The normalized spacial score (nSPS) is 10.5. The van der Waals surface area contributed by atoms with Crippen LogP contribution in [0, 0.1) is 11.6 Å². The smallest absolute Gasteiger partial charge is 0.168 e. The summed E-state index contributed by atoms with van der Waals surface area (Å²) in [6, 6.07) is 8.31. The minimum absolute atomic E-state index is 0.0651. The van der Waals surface area contributed by atoms with Crippen molar-refractivity contribution in [3.63, 3.8) is 0 Å². The highest BCUT2D eigenvalue weighted by Gasteiger charge is 2.09. The number of hydrogen-bond acceptors (Lipinski definition) is 2. The molecular weight excluding hydrogens is 272 g/mol. The lowest BCUT2D eigenvalue weighted by molar-refractivity contribution is 0.437. The lowest BCUT2D eigenvalue weighted by Crippen LogP contribution is -2.04. The predicted molar refractivity (Wildman–Crippen MR) is 70.6 cm³/mol. The fraction of sp³-hybridized carbons (Fsp3) is 0.143. The van der Waals surface area contributed by atoms with E-state index in [1.165, 1.54) is 6.07 Å². The maximum absolute atomic E-state index is 13.4. The van der Waals surface area contributed by atoms with E-state index in [-0.39, 0.29) is 5.75 Å². The van der Waals surface area contributed by atoms with E-state index >= 15 is 0 Å². The molecule has 0 unspecified atom stereocenters. The van der Waals surface area contributed by atoms with Crippen LogP contribution in [0.1, 0.15) is 5.56 Å². The first-order chi connectivity index (χ1) is 9.10. The van der Waals surface area contributed by atoms with Gasteiger partial charge in [-0.1, -0.05) is 17.7 Å². The van der Waals surface area contributed by atoms with E-state index in [9.17, 15) is 8.78 Å². The second-order valence-corrected chi connectivity index (χ2v) is 4.38. The summed E-state index contributed by atoms with van der Waals surface area (Å²) in [5, 5.41) is 3.37. The Morgan fingerprint density at radius 1 is 1.11 bits per heavy atom. The van der Waals surface area contributed by atoms with Gasteiger partial charge in [0.15, 0.2) is 11.6 Å². The summed E-state index contributed by atoms with van der Waals surface area (Å²) >= 11 is 6.05. The summed E-state index contributed by atoms with van der Waals surface area (Å²) in [6.45, 7) is 0.672. The second-order valence-electron chi connectivity index (χ2n) is 3.97. The Balaban J connectivity index is 2.23. The highest BCUT2D eigenvalue weighted by Crippen LogP contribution is 2.31. The molecule has 2 aromatic carbocycles. The van der Waals surface area contributed by atoms with Crippen LogP contribution in [0.2, 0.25) is 5.02 Å². The lowest BCUT2D eigenvalue weighted by Gasteiger charge is -2.10. The van der Waals surface area contributed by atoms with E-state index in [0.29, 0.717) is 17.3 Å². The predicted octanol–water partition coefficient (Wildman–Crippen LogP) is 4.13. The molecule has 0 bridgehead atoms. The van der Waals surface area contributed by atoms with Crippen LogP contribution < -0.4 is 10.1 Å². The average molecular weight is 284 g/mol. The van der Waals surface area contributed by atoms with Crippen LogP contribution in [0.3, 0.4) is 0 Å². The second kappa shape index (κ2) is 5.99. The molecule has 0 atom stereocenters. The lowest BCUT2D eigenvalue weighted by atomic mass is 10.2. The molecule has 0 saturated heterocycles. The van der Waals surface area contributed by atoms with E-state index in [2.05, 4.69) is 5.32 Å². The molecule has 1 N–H and O–H groups in total. The molecule has 0 radical (unpaired) electrons. The van der Waals surface area contributed by atoms with Crippen LogP contribution in [-0.4, -0.2) is 7.05 Å². The Morgan fingerprint density at radius 3 is 2.47 bits per heavy atom. The standard InChI is InChI=1S/C14H12ClF2NO/c1-18-8-9-2-4-13(11(15)6-9)19-14-5-3-10(16)7-12(14)17/h2-7,18H,8H2,1H3. The van der Waals surface area contributed by atoms with Gasteiger partial charge >= 0.3 is 0 Å². The molecule has 0 aromatic heterocycles. The summed E-state index contributed by atoms with van der Waals surface area (Å²) in [6.07, 6.45) is 0. The Kier molecular flexibility index (Phi) is 4.35. The van der Waals surface area contributed by atoms with E-state index in [4.69, 9.17) is 16.3 Å². The number of ether oxygens (including phenoxy) is 1. The van der Waals surface area contributed by atoms with Crippen molar-refractivity contribution in [2.75, 3.05) is 7.05 Å². The van der Waals surface area contributed by atoms with Crippen molar-refractivity contribution >= 4 is 11.6 Å². The average Bonchev–Trinajstić information content (AvgIpc) is 2.36. The molecule has 2 aromatic rings. The summed E-state index contributed by atoms with van der Waals surface area (Å²) < 4.78 is 31.6. The van der Waals surface area contributed by atoms with Crippen LogP contribution >= 0.6 is 11.6 Å². The summed E-state index contributed by atoms with van der Waals surface area (Å²) in [4.78, 5) is 0. The first-order valence-electron chi connectivity index (χ1n) is 5.66. The number of rotatable bonds is 4. The van der Waals surface area contributed by atoms with Crippen molar-refractivity contribution in [2.45, 2.75) is 6.54 Å². The first kappa shape index (κ1) is 13.8. The Morgan fingerprint density at radius 2 is 1.84 bits per heavy atom. The van der Waals surface area contributed by atoms with Crippen LogP contribution in [0.25, 0.3) is 0 Å². The van der Waals surface area contributed by atoms with Gasteiger partial charge in [-0.25, -0.2) is 8.78 Å². The number of benzene rings is 2. The van der Waals surface area contributed by atoms with E-state index < -0.39 is 11.6 Å². The molecule has 2 rings (SSSR count). The van der Waals surface area contributed by atoms with Gasteiger partial charge in [0.1, 0.15) is 11.6 Å². The Hall–Kier alpha value is -1.65. The number of nitrogens with one attached hydrogen (secondary N) is 1. The zero-order chi connectivity index (χ0) is 13.8. The van der Waals surface area contributed by atoms with E-state index in [0.717, 1.165) is 17.7 Å². The maximum atomic E-state index is 13.4.